The van der Waals surface area contributed by atoms with E-state index in [4.69, 9.17) is 9.15 Å². The summed E-state index contributed by atoms with van der Waals surface area (Å²) >= 11 is 0. The highest BCUT2D eigenvalue weighted by atomic mass is 16.5. The number of nitrogens with zero attached hydrogens (tertiary/aromatic N) is 1. The van der Waals surface area contributed by atoms with E-state index in [0.717, 1.165) is 0 Å². The van der Waals surface area contributed by atoms with Crippen molar-refractivity contribution in [2.75, 3.05) is 13.7 Å². The Hall–Kier alpha value is -3.55. The summed E-state index contributed by atoms with van der Waals surface area (Å²) in [7, 11) is 1.51. The minimum Gasteiger partial charge on any atom is -0.503 e. The molecule has 0 saturated carbocycles. The Labute approximate surface area is 153 Å². The average molecular weight is 370 g/mol. The fourth-order valence-corrected chi connectivity index (χ4v) is 2.66. The number of benzene rings is 1. The number of aromatic nitrogens is 1. The SMILES string of the molecule is COc1ccc2cc(C(=O)NCCn3cc(O)c(=O)cc3C)c(=O)oc2c1. The zero-order valence-corrected chi connectivity index (χ0v) is 14.8. The van der Waals surface area contributed by atoms with Crippen molar-refractivity contribution in [2.24, 2.45) is 0 Å². The summed E-state index contributed by atoms with van der Waals surface area (Å²) in [6.45, 7) is 2.23. The van der Waals surface area contributed by atoms with E-state index < -0.39 is 17.0 Å². The van der Waals surface area contributed by atoms with Crippen LogP contribution in [-0.2, 0) is 6.54 Å². The molecule has 27 heavy (non-hydrogen) atoms. The molecule has 0 spiro atoms. The first kappa shape index (κ1) is 18.2. The largest absolute Gasteiger partial charge is 0.503 e. The van der Waals surface area contributed by atoms with E-state index in [1.165, 1.54) is 25.4 Å². The predicted octanol–water partition coefficient (Wildman–Crippen LogP) is 1.41. The Kier molecular flexibility index (Phi) is 4.98. The lowest BCUT2D eigenvalue weighted by atomic mass is 10.1. The number of carbonyl (C=O) groups excluding carboxylic acids is 1. The first-order chi connectivity index (χ1) is 12.9. The van der Waals surface area contributed by atoms with Gasteiger partial charge in [-0.2, -0.15) is 0 Å². The van der Waals surface area contributed by atoms with Crippen LogP contribution >= 0.6 is 0 Å². The molecule has 3 aromatic rings. The third-order valence-corrected chi connectivity index (χ3v) is 4.15. The second kappa shape index (κ2) is 7.36. The Morgan fingerprint density at radius 1 is 1.26 bits per heavy atom. The molecule has 2 aromatic heterocycles. The van der Waals surface area contributed by atoms with Crippen molar-refractivity contribution in [1.29, 1.82) is 0 Å². The monoisotopic (exact) mass is 370 g/mol. The number of ether oxygens (including phenoxy) is 1. The molecular weight excluding hydrogens is 352 g/mol. The highest BCUT2D eigenvalue weighted by molar-refractivity contribution is 5.96. The van der Waals surface area contributed by atoms with Crippen LogP contribution in [-0.4, -0.2) is 29.2 Å². The number of rotatable bonds is 5. The smallest absolute Gasteiger partial charge is 0.349 e. The molecule has 0 atom stereocenters. The molecule has 0 radical (unpaired) electrons. The number of pyridine rings is 1. The lowest BCUT2D eigenvalue weighted by molar-refractivity contribution is 0.0948. The van der Waals surface area contributed by atoms with Crippen molar-refractivity contribution in [3.05, 3.63) is 68.4 Å². The molecule has 1 aromatic carbocycles. The standard InChI is InChI=1S/C19H18N2O6/c1-11-7-15(22)16(23)10-21(11)6-5-20-18(24)14-8-12-3-4-13(26-2)9-17(12)27-19(14)25/h3-4,7-10,23H,5-6H2,1-2H3,(H,20,24). The summed E-state index contributed by atoms with van der Waals surface area (Å²) in [6.07, 6.45) is 1.31. The van der Waals surface area contributed by atoms with Gasteiger partial charge in [0.1, 0.15) is 16.9 Å². The van der Waals surface area contributed by atoms with Gasteiger partial charge in [0.2, 0.25) is 5.43 Å². The summed E-state index contributed by atoms with van der Waals surface area (Å²) in [4.78, 5) is 35.8. The molecule has 0 saturated heterocycles. The van der Waals surface area contributed by atoms with Gasteiger partial charge in [0.05, 0.1) is 13.3 Å². The number of aryl methyl sites for hydroxylation is 1. The number of methoxy groups -OCH3 is 1. The van der Waals surface area contributed by atoms with E-state index >= 15 is 0 Å². The number of hydrogen-bond acceptors (Lipinski definition) is 6. The van der Waals surface area contributed by atoms with Crippen molar-refractivity contribution in [3.8, 4) is 11.5 Å². The number of aromatic hydroxyl groups is 1. The second-order valence-electron chi connectivity index (χ2n) is 5.96. The van der Waals surface area contributed by atoms with Crippen molar-refractivity contribution in [2.45, 2.75) is 13.5 Å². The van der Waals surface area contributed by atoms with Gasteiger partial charge >= 0.3 is 5.63 Å². The van der Waals surface area contributed by atoms with E-state index in [2.05, 4.69) is 5.32 Å². The van der Waals surface area contributed by atoms with E-state index in [0.29, 0.717) is 29.0 Å². The maximum Gasteiger partial charge on any atom is 0.349 e. The Balaban J connectivity index is 1.74. The molecule has 0 aliphatic rings. The predicted molar refractivity (Wildman–Crippen MR) is 98.5 cm³/mol. The molecular formula is C19H18N2O6. The van der Waals surface area contributed by atoms with Gasteiger partial charge in [-0.15, -0.1) is 0 Å². The minimum atomic E-state index is -0.745. The van der Waals surface area contributed by atoms with Crippen LogP contribution in [0.2, 0.25) is 0 Å². The van der Waals surface area contributed by atoms with Crippen molar-refractivity contribution < 1.29 is 19.1 Å². The summed E-state index contributed by atoms with van der Waals surface area (Å²) in [5.74, 6) is -0.385. The summed E-state index contributed by atoms with van der Waals surface area (Å²) in [5, 5.41) is 12.7. The normalized spacial score (nSPS) is 10.7. The van der Waals surface area contributed by atoms with Gasteiger partial charge in [-0.3, -0.25) is 9.59 Å². The van der Waals surface area contributed by atoms with Gasteiger partial charge in [0.15, 0.2) is 5.75 Å². The van der Waals surface area contributed by atoms with Crippen LogP contribution in [0.1, 0.15) is 16.1 Å². The molecule has 0 unspecified atom stereocenters. The Bertz CT molecular complexity index is 1130. The second-order valence-corrected chi connectivity index (χ2v) is 5.96. The molecule has 140 valence electrons. The van der Waals surface area contributed by atoms with E-state index in [-0.39, 0.29) is 17.9 Å². The summed E-state index contributed by atoms with van der Waals surface area (Å²) in [6, 6.07) is 7.75. The van der Waals surface area contributed by atoms with Crippen molar-refractivity contribution in [3.63, 3.8) is 0 Å². The molecule has 2 N–H and O–H groups in total. The van der Waals surface area contributed by atoms with Gasteiger partial charge in [0.25, 0.3) is 5.91 Å². The Morgan fingerprint density at radius 2 is 2.04 bits per heavy atom. The van der Waals surface area contributed by atoms with E-state index in [1.54, 1.807) is 29.7 Å². The molecule has 0 fully saturated rings. The average Bonchev–Trinajstić information content (AvgIpc) is 2.64. The van der Waals surface area contributed by atoms with Crippen LogP contribution in [0, 0.1) is 6.92 Å². The van der Waals surface area contributed by atoms with Crippen LogP contribution in [0.25, 0.3) is 11.0 Å². The van der Waals surface area contributed by atoms with E-state index in [9.17, 15) is 19.5 Å². The molecule has 0 bridgehead atoms. The van der Waals surface area contributed by atoms with Crippen molar-refractivity contribution >= 4 is 16.9 Å². The van der Waals surface area contributed by atoms with Gasteiger partial charge in [0, 0.05) is 36.3 Å². The quantitative estimate of drug-likeness (QED) is 0.657. The van der Waals surface area contributed by atoms with Gasteiger partial charge in [-0.1, -0.05) is 0 Å². The maximum absolute atomic E-state index is 12.3. The molecule has 3 rings (SSSR count). The van der Waals surface area contributed by atoms with Crippen LogP contribution in [0.5, 0.6) is 11.5 Å². The van der Waals surface area contributed by atoms with Crippen LogP contribution in [0.15, 0.2) is 50.5 Å². The first-order valence-electron chi connectivity index (χ1n) is 8.19. The zero-order chi connectivity index (χ0) is 19.6. The van der Waals surface area contributed by atoms with Crippen molar-refractivity contribution in [1.82, 2.24) is 9.88 Å². The van der Waals surface area contributed by atoms with E-state index in [1.807, 2.05) is 0 Å². The minimum absolute atomic E-state index is 0.104. The summed E-state index contributed by atoms with van der Waals surface area (Å²) in [5.41, 5.74) is -0.336. The molecule has 2 heterocycles. The van der Waals surface area contributed by atoms with Gasteiger partial charge in [-0.05, 0) is 25.1 Å². The molecule has 8 heteroatoms. The lowest BCUT2D eigenvalue weighted by Crippen LogP contribution is -2.31. The van der Waals surface area contributed by atoms with Crippen LogP contribution in [0.3, 0.4) is 0 Å². The van der Waals surface area contributed by atoms with Gasteiger partial charge < -0.3 is 24.1 Å². The third kappa shape index (κ3) is 3.84. The fraction of sp³-hybridized carbons (Fsp3) is 0.211. The number of amides is 1. The van der Waals surface area contributed by atoms with Crippen LogP contribution < -0.4 is 21.1 Å². The first-order valence-corrected chi connectivity index (χ1v) is 8.19. The topological polar surface area (TPSA) is 111 Å². The maximum atomic E-state index is 12.3. The lowest BCUT2D eigenvalue weighted by Gasteiger charge is -2.11. The molecule has 8 nitrogen and oxygen atoms in total. The summed E-state index contributed by atoms with van der Waals surface area (Å²) < 4.78 is 11.9. The Morgan fingerprint density at radius 3 is 2.78 bits per heavy atom. The highest BCUT2D eigenvalue weighted by Gasteiger charge is 2.14. The number of hydrogen-bond donors (Lipinski definition) is 2. The third-order valence-electron chi connectivity index (χ3n) is 4.15. The number of nitrogens with one attached hydrogen (secondary N) is 1. The zero-order valence-electron chi connectivity index (χ0n) is 14.8. The van der Waals surface area contributed by atoms with Gasteiger partial charge in [-0.25, -0.2) is 4.79 Å². The molecule has 0 aliphatic heterocycles. The highest BCUT2D eigenvalue weighted by Crippen LogP contribution is 2.20. The molecule has 0 aliphatic carbocycles. The van der Waals surface area contributed by atoms with Crippen LogP contribution in [0.4, 0.5) is 0 Å². The fourth-order valence-electron chi connectivity index (χ4n) is 2.66. The molecule has 1 amide bonds. The number of fused-ring (bicyclic) bond motifs is 1. The number of carbonyl (C=O) groups is 1.